The zero-order chi connectivity index (χ0) is 18.1. The lowest BCUT2D eigenvalue weighted by atomic mass is 10.1. The van der Waals surface area contributed by atoms with Crippen molar-refractivity contribution in [1.82, 2.24) is 10.6 Å². The molecule has 1 heterocycles. The smallest absolute Gasteiger partial charge is 0.244 e. The third kappa shape index (κ3) is 6.60. The Kier molecular flexibility index (Phi) is 6.91. The maximum Gasteiger partial charge on any atom is 0.244 e. The Hall–Kier alpha value is -2.93. The molecule has 7 heteroatoms. The largest absolute Gasteiger partial charge is 0.465 e. The maximum absolute atomic E-state index is 12.8. The van der Waals surface area contributed by atoms with Gasteiger partial charge in [0.05, 0.1) is 12.4 Å². The molecule has 1 unspecified atom stereocenters. The molecule has 0 saturated carbocycles. The van der Waals surface area contributed by atoms with E-state index in [9.17, 15) is 19.1 Å². The molecule has 2 rings (SSSR count). The van der Waals surface area contributed by atoms with Crippen LogP contribution in [0.3, 0.4) is 0 Å². The lowest BCUT2D eigenvalue weighted by Gasteiger charge is -2.12. The van der Waals surface area contributed by atoms with Crippen molar-refractivity contribution in [1.29, 1.82) is 0 Å². The van der Waals surface area contributed by atoms with E-state index in [1.165, 1.54) is 42.7 Å². The highest BCUT2D eigenvalue weighted by molar-refractivity contribution is 5.91. The molecule has 6 nitrogen and oxygen atoms in total. The molecule has 1 aromatic carbocycles. The SMILES string of the molecule is O=C(/C=C/c1ccco1)NCCC(=O)NCC(O)c1ccc(F)cc1. The zero-order valence-corrected chi connectivity index (χ0v) is 13.4. The van der Waals surface area contributed by atoms with Crippen molar-refractivity contribution in [3.8, 4) is 0 Å². The summed E-state index contributed by atoms with van der Waals surface area (Å²) in [5.74, 6) is -0.480. The van der Waals surface area contributed by atoms with E-state index in [-0.39, 0.29) is 31.3 Å². The minimum absolute atomic E-state index is 0.0107. The van der Waals surface area contributed by atoms with Gasteiger partial charge in [-0.25, -0.2) is 4.39 Å². The van der Waals surface area contributed by atoms with E-state index >= 15 is 0 Å². The normalized spacial score (nSPS) is 12.1. The summed E-state index contributed by atoms with van der Waals surface area (Å²) < 4.78 is 17.9. The first kappa shape index (κ1) is 18.4. The van der Waals surface area contributed by atoms with Crippen LogP contribution in [0.2, 0.25) is 0 Å². The van der Waals surface area contributed by atoms with E-state index in [1.54, 1.807) is 12.1 Å². The highest BCUT2D eigenvalue weighted by atomic mass is 19.1. The summed E-state index contributed by atoms with van der Waals surface area (Å²) in [4.78, 5) is 23.2. The van der Waals surface area contributed by atoms with Crippen LogP contribution in [-0.2, 0) is 9.59 Å². The first-order valence-electron chi connectivity index (χ1n) is 7.74. The lowest BCUT2D eigenvalue weighted by Crippen LogP contribution is -2.32. The molecule has 0 saturated heterocycles. The molecule has 0 fully saturated rings. The Labute approximate surface area is 144 Å². The third-order valence-electron chi connectivity index (χ3n) is 3.34. The summed E-state index contributed by atoms with van der Waals surface area (Å²) in [5, 5.41) is 15.0. The van der Waals surface area contributed by atoms with Gasteiger partial charge in [-0.05, 0) is 35.9 Å². The summed E-state index contributed by atoms with van der Waals surface area (Å²) in [6.45, 7) is 0.177. The van der Waals surface area contributed by atoms with Gasteiger partial charge >= 0.3 is 0 Å². The molecule has 1 atom stereocenters. The van der Waals surface area contributed by atoms with Crippen molar-refractivity contribution in [2.45, 2.75) is 12.5 Å². The number of hydrogen-bond acceptors (Lipinski definition) is 4. The van der Waals surface area contributed by atoms with Crippen molar-refractivity contribution in [3.63, 3.8) is 0 Å². The average molecular weight is 346 g/mol. The van der Waals surface area contributed by atoms with Crippen molar-refractivity contribution in [2.24, 2.45) is 0 Å². The number of aliphatic hydroxyl groups is 1. The Bertz CT molecular complexity index is 711. The Morgan fingerprint density at radius 2 is 1.96 bits per heavy atom. The number of hydrogen-bond donors (Lipinski definition) is 3. The number of halogens is 1. The summed E-state index contributed by atoms with van der Waals surface area (Å²) in [7, 11) is 0. The van der Waals surface area contributed by atoms with E-state index < -0.39 is 11.9 Å². The van der Waals surface area contributed by atoms with Gasteiger partial charge in [-0.15, -0.1) is 0 Å². The number of furan rings is 1. The number of aliphatic hydroxyl groups excluding tert-OH is 1. The van der Waals surface area contributed by atoms with Gasteiger partial charge in [0.1, 0.15) is 11.6 Å². The molecule has 0 bridgehead atoms. The number of benzene rings is 1. The molecule has 132 valence electrons. The monoisotopic (exact) mass is 346 g/mol. The van der Waals surface area contributed by atoms with Crippen LogP contribution in [-0.4, -0.2) is 30.0 Å². The van der Waals surface area contributed by atoms with Crippen LogP contribution in [0.25, 0.3) is 6.08 Å². The summed E-state index contributed by atoms with van der Waals surface area (Å²) in [6, 6.07) is 8.82. The van der Waals surface area contributed by atoms with Gasteiger partial charge in [0.15, 0.2) is 0 Å². The Morgan fingerprint density at radius 3 is 2.64 bits per heavy atom. The molecule has 1 aromatic heterocycles. The van der Waals surface area contributed by atoms with Crippen LogP contribution in [0.5, 0.6) is 0 Å². The maximum atomic E-state index is 12.8. The number of carbonyl (C=O) groups is 2. The standard InChI is InChI=1S/C18H19FN2O4/c19-14-5-3-13(4-6-14)16(22)12-21-18(24)9-10-20-17(23)8-7-15-2-1-11-25-15/h1-8,11,16,22H,9-10,12H2,(H,20,23)(H,21,24)/b8-7+. The molecule has 0 radical (unpaired) electrons. The number of nitrogens with one attached hydrogen (secondary N) is 2. The first-order valence-corrected chi connectivity index (χ1v) is 7.74. The Balaban J connectivity index is 1.63. The van der Waals surface area contributed by atoms with Gasteiger partial charge in [-0.1, -0.05) is 12.1 Å². The fourth-order valence-corrected chi connectivity index (χ4v) is 2.00. The highest BCUT2D eigenvalue weighted by Gasteiger charge is 2.09. The third-order valence-corrected chi connectivity index (χ3v) is 3.34. The van der Waals surface area contributed by atoms with Crippen molar-refractivity contribution < 1.29 is 23.5 Å². The summed E-state index contributed by atoms with van der Waals surface area (Å²) in [6.07, 6.45) is 3.50. The van der Waals surface area contributed by atoms with Crippen LogP contribution < -0.4 is 10.6 Å². The van der Waals surface area contributed by atoms with Gasteiger partial charge in [0.25, 0.3) is 0 Å². The second-order valence-corrected chi connectivity index (χ2v) is 5.26. The fraction of sp³-hybridized carbons (Fsp3) is 0.222. The second kappa shape index (κ2) is 9.39. The predicted molar refractivity (Wildman–Crippen MR) is 89.7 cm³/mol. The van der Waals surface area contributed by atoms with Crippen LogP contribution in [0.1, 0.15) is 23.8 Å². The van der Waals surface area contributed by atoms with E-state index in [0.717, 1.165) is 0 Å². The van der Waals surface area contributed by atoms with Gasteiger partial charge in [0.2, 0.25) is 11.8 Å². The molecule has 0 aliphatic heterocycles. The molecule has 0 aliphatic rings. The van der Waals surface area contributed by atoms with Gasteiger partial charge in [-0.3, -0.25) is 9.59 Å². The second-order valence-electron chi connectivity index (χ2n) is 5.26. The van der Waals surface area contributed by atoms with E-state index in [1.807, 2.05) is 0 Å². The van der Waals surface area contributed by atoms with E-state index in [0.29, 0.717) is 11.3 Å². The summed E-state index contributed by atoms with van der Waals surface area (Å²) in [5.41, 5.74) is 0.512. The topological polar surface area (TPSA) is 91.6 Å². The molecule has 3 N–H and O–H groups in total. The van der Waals surface area contributed by atoms with E-state index in [4.69, 9.17) is 4.42 Å². The molecule has 2 aromatic rings. The number of rotatable bonds is 8. The van der Waals surface area contributed by atoms with Gasteiger partial charge in [0, 0.05) is 25.6 Å². The quantitative estimate of drug-likeness (QED) is 0.636. The van der Waals surface area contributed by atoms with Crippen molar-refractivity contribution >= 4 is 17.9 Å². The van der Waals surface area contributed by atoms with Crippen LogP contribution in [0, 0.1) is 5.82 Å². The minimum Gasteiger partial charge on any atom is -0.465 e. The molecule has 0 spiro atoms. The zero-order valence-electron chi connectivity index (χ0n) is 13.4. The van der Waals surface area contributed by atoms with Crippen LogP contribution in [0.15, 0.2) is 53.2 Å². The molecule has 2 amide bonds. The van der Waals surface area contributed by atoms with Gasteiger partial charge in [-0.2, -0.15) is 0 Å². The summed E-state index contributed by atoms with van der Waals surface area (Å²) >= 11 is 0. The minimum atomic E-state index is -0.921. The highest BCUT2D eigenvalue weighted by Crippen LogP contribution is 2.12. The Morgan fingerprint density at radius 1 is 1.20 bits per heavy atom. The number of amides is 2. The predicted octanol–water partition coefficient (Wildman–Crippen LogP) is 1.79. The van der Waals surface area contributed by atoms with E-state index in [2.05, 4.69) is 10.6 Å². The fourth-order valence-electron chi connectivity index (χ4n) is 2.00. The molecule has 25 heavy (non-hydrogen) atoms. The van der Waals surface area contributed by atoms with Crippen molar-refractivity contribution in [2.75, 3.05) is 13.1 Å². The van der Waals surface area contributed by atoms with Crippen molar-refractivity contribution in [3.05, 3.63) is 65.9 Å². The average Bonchev–Trinajstić information content (AvgIpc) is 3.12. The number of carbonyl (C=O) groups excluding carboxylic acids is 2. The molecular formula is C18H19FN2O4. The lowest BCUT2D eigenvalue weighted by molar-refractivity contribution is -0.121. The molecular weight excluding hydrogens is 327 g/mol. The molecule has 0 aliphatic carbocycles. The van der Waals surface area contributed by atoms with Gasteiger partial charge < -0.3 is 20.2 Å². The van der Waals surface area contributed by atoms with Crippen LogP contribution in [0.4, 0.5) is 4.39 Å². The van der Waals surface area contributed by atoms with Crippen LogP contribution >= 0.6 is 0 Å². The first-order chi connectivity index (χ1) is 12.0.